The molecule has 0 spiro atoms. The van der Waals surface area contributed by atoms with Gasteiger partial charge in [0, 0.05) is 41.9 Å². The van der Waals surface area contributed by atoms with Crippen LogP contribution < -0.4 is 21.7 Å². The third kappa shape index (κ3) is 4.13. The minimum absolute atomic E-state index is 0.0274. The van der Waals surface area contributed by atoms with Crippen LogP contribution in [0.3, 0.4) is 0 Å². The van der Waals surface area contributed by atoms with E-state index in [0.717, 1.165) is 33.6 Å². The van der Waals surface area contributed by atoms with Crippen LogP contribution in [0.2, 0.25) is 0 Å². The molecule has 0 bridgehead atoms. The Labute approximate surface area is 194 Å². The van der Waals surface area contributed by atoms with Gasteiger partial charge in [-0.25, -0.2) is 18.7 Å². The topological polar surface area (TPSA) is 110 Å². The second-order valence-electron chi connectivity index (χ2n) is 8.91. The number of hydrogen-bond acceptors (Lipinski definition) is 7. The Morgan fingerprint density at radius 2 is 2.06 bits per heavy atom. The number of hydrogen-bond donors (Lipinski definition) is 3. The number of amides is 1. The standard InChI is InChI=1S/C23H26F2N6OS/c1-11-2-5-14-19(27)20(33-23(14)28-11)22(32)29-13-4-6-17-12(8-13)3-7-18(30-17)31-9-15(21(24)25)16(26)10-31/h2-3,5,7,13,15-16,21H,4,6,8-10,26-27H2,1H3,(H,29,32)/t13-,15-,16+/m0/s1. The lowest BCUT2D eigenvalue weighted by Gasteiger charge is -2.26. The summed E-state index contributed by atoms with van der Waals surface area (Å²) in [6, 6.07) is 7.05. The average Bonchev–Trinajstić information content (AvgIpc) is 3.33. The molecule has 1 amide bonds. The van der Waals surface area contributed by atoms with E-state index in [1.165, 1.54) is 11.3 Å². The molecule has 174 valence electrons. The van der Waals surface area contributed by atoms with E-state index in [1.54, 1.807) is 0 Å². The summed E-state index contributed by atoms with van der Waals surface area (Å²) < 4.78 is 26.3. The van der Waals surface area contributed by atoms with Gasteiger partial charge in [-0.3, -0.25) is 4.79 Å². The Morgan fingerprint density at radius 3 is 2.82 bits per heavy atom. The van der Waals surface area contributed by atoms with Gasteiger partial charge >= 0.3 is 0 Å². The normalized spacial score (nSPS) is 22.7. The van der Waals surface area contributed by atoms with E-state index >= 15 is 0 Å². The number of nitrogens with zero attached hydrogens (tertiary/aromatic N) is 3. The number of nitrogens with one attached hydrogen (secondary N) is 1. The molecule has 0 aromatic carbocycles. The second kappa shape index (κ2) is 8.49. The van der Waals surface area contributed by atoms with Gasteiger partial charge in [-0.15, -0.1) is 11.3 Å². The predicted molar refractivity (Wildman–Crippen MR) is 126 cm³/mol. The Balaban J connectivity index is 1.27. The summed E-state index contributed by atoms with van der Waals surface area (Å²) in [5.74, 6) is -0.325. The average molecular weight is 473 g/mol. The Morgan fingerprint density at radius 1 is 1.24 bits per heavy atom. The molecular weight excluding hydrogens is 446 g/mol. The monoisotopic (exact) mass is 472 g/mol. The third-order valence-corrected chi connectivity index (χ3v) is 7.70. The highest BCUT2D eigenvalue weighted by atomic mass is 32.1. The number of rotatable bonds is 4. The molecule has 0 saturated carbocycles. The molecule has 7 nitrogen and oxygen atoms in total. The van der Waals surface area contributed by atoms with Crippen LogP contribution in [0.15, 0.2) is 24.3 Å². The van der Waals surface area contributed by atoms with Gasteiger partial charge in [-0.05, 0) is 49.9 Å². The van der Waals surface area contributed by atoms with Crippen molar-refractivity contribution in [2.75, 3.05) is 23.7 Å². The van der Waals surface area contributed by atoms with Crippen molar-refractivity contribution in [3.63, 3.8) is 0 Å². The molecule has 1 fully saturated rings. The van der Waals surface area contributed by atoms with E-state index in [2.05, 4.69) is 10.3 Å². The molecule has 4 heterocycles. The Hall–Kier alpha value is -2.85. The first kappa shape index (κ1) is 22.0. The van der Waals surface area contributed by atoms with Crippen LogP contribution >= 0.6 is 11.3 Å². The van der Waals surface area contributed by atoms with Crippen molar-refractivity contribution in [2.24, 2.45) is 11.7 Å². The predicted octanol–water partition coefficient (Wildman–Crippen LogP) is 2.90. The van der Waals surface area contributed by atoms with Gasteiger partial charge in [0.15, 0.2) is 0 Å². The molecule has 3 aromatic heterocycles. The van der Waals surface area contributed by atoms with E-state index in [4.69, 9.17) is 16.5 Å². The SMILES string of the molecule is Cc1ccc2c(N)c(C(=O)N[C@H]3CCc4nc(N5C[C@@H](N)[C@@H](C(F)F)C5)ccc4C3)sc2n1. The zero-order valence-corrected chi connectivity index (χ0v) is 19.0. The van der Waals surface area contributed by atoms with Gasteiger partial charge < -0.3 is 21.7 Å². The first-order chi connectivity index (χ1) is 15.8. The Kier molecular flexibility index (Phi) is 5.65. The molecule has 5 rings (SSSR count). The lowest BCUT2D eigenvalue weighted by Crippen LogP contribution is -2.39. The minimum Gasteiger partial charge on any atom is -0.397 e. The van der Waals surface area contributed by atoms with Crippen LogP contribution in [-0.4, -0.2) is 47.5 Å². The van der Waals surface area contributed by atoms with Crippen molar-refractivity contribution >= 4 is 39.0 Å². The third-order valence-electron chi connectivity index (χ3n) is 6.58. The number of pyridine rings is 2. The molecule has 0 radical (unpaired) electrons. The molecule has 0 unspecified atom stereocenters. The van der Waals surface area contributed by atoms with Gasteiger partial charge in [0.05, 0.1) is 11.6 Å². The van der Waals surface area contributed by atoms with Crippen LogP contribution in [0.5, 0.6) is 0 Å². The fourth-order valence-corrected chi connectivity index (χ4v) is 5.76. The quantitative estimate of drug-likeness (QED) is 0.539. The molecule has 1 saturated heterocycles. The highest BCUT2D eigenvalue weighted by Crippen LogP contribution is 2.33. The van der Waals surface area contributed by atoms with Gasteiger partial charge in [0.25, 0.3) is 5.91 Å². The number of nitrogen functional groups attached to an aromatic ring is 1. The molecule has 1 aliphatic heterocycles. The lowest BCUT2D eigenvalue weighted by molar-refractivity contribution is 0.0804. The Bertz CT molecular complexity index is 1220. The fourth-order valence-electron chi connectivity index (χ4n) is 4.72. The van der Waals surface area contributed by atoms with E-state index in [-0.39, 0.29) is 18.5 Å². The lowest BCUT2D eigenvalue weighted by atomic mass is 9.91. The molecule has 1 aliphatic carbocycles. The summed E-state index contributed by atoms with van der Waals surface area (Å²) in [5.41, 5.74) is 15.5. The summed E-state index contributed by atoms with van der Waals surface area (Å²) >= 11 is 1.31. The second-order valence-corrected chi connectivity index (χ2v) is 9.90. The van der Waals surface area contributed by atoms with E-state index in [1.807, 2.05) is 36.1 Å². The molecule has 2 aliphatic rings. The number of halogens is 2. The summed E-state index contributed by atoms with van der Waals surface area (Å²) in [6.45, 7) is 2.50. The molecule has 5 N–H and O–H groups in total. The number of fused-ring (bicyclic) bond motifs is 2. The number of thiophene rings is 1. The summed E-state index contributed by atoms with van der Waals surface area (Å²) in [6.07, 6.45) is -0.317. The van der Waals surface area contributed by atoms with Crippen LogP contribution in [0.4, 0.5) is 20.3 Å². The maximum atomic E-state index is 13.2. The number of carbonyl (C=O) groups is 1. The van der Waals surface area contributed by atoms with E-state index in [0.29, 0.717) is 35.8 Å². The first-order valence-electron chi connectivity index (χ1n) is 11.0. The zero-order valence-electron chi connectivity index (χ0n) is 18.2. The fraction of sp³-hybridized carbons (Fsp3) is 0.435. The smallest absolute Gasteiger partial charge is 0.263 e. The largest absolute Gasteiger partial charge is 0.397 e. The van der Waals surface area contributed by atoms with Gasteiger partial charge in [-0.2, -0.15) is 0 Å². The number of carbonyl (C=O) groups excluding carboxylic acids is 1. The van der Waals surface area contributed by atoms with Crippen molar-refractivity contribution in [2.45, 2.75) is 44.7 Å². The van der Waals surface area contributed by atoms with Gasteiger partial charge in [-0.1, -0.05) is 6.07 Å². The highest BCUT2D eigenvalue weighted by Gasteiger charge is 2.37. The number of aryl methyl sites for hydroxylation is 2. The zero-order chi connectivity index (χ0) is 23.3. The minimum atomic E-state index is -2.43. The number of anilines is 2. The molecular formula is C23H26F2N6OS. The molecule has 10 heteroatoms. The van der Waals surface area contributed by atoms with E-state index < -0.39 is 18.4 Å². The molecule has 33 heavy (non-hydrogen) atoms. The van der Waals surface area contributed by atoms with Crippen LogP contribution in [0, 0.1) is 12.8 Å². The summed E-state index contributed by atoms with van der Waals surface area (Å²) in [5, 5.41) is 3.91. The van der Waals surface area contributed by atoms with Crippen LogP contribution in [0.25, 0.3) is 10.2 Å². The van der Waals surface area contributed by atoms with Crippen LogP contribution in [0.1, 0.15) is 33.0 Å². The van der Waals surface area contributed by atoms with E-state index in [9.17, 15) is 13.6 Å². The van der Waals surface area contributed by atoms with Crippen molar-refractivity contribution in [1.82, 2.24) is 15.3 Å². The first-order valence-corrected chi connectivity index (χ1v) is 11.9. The molecule has 3 aromatic rings. The maximum Gasteiger partial charge on any atom is 0.263 e. The van der Waals surface area contributed by atoms with Gasteiger partial charge in [0.1, 0.15) is 15.5 Å². The highest BCUT2D eigenvalue weighted by molar-refractivity contribution is 7.21. The number of aromatic nitrogens is 2. The summed E-state index contributed by atoms with van der Waals surface area (Å²) in [7, 11) is 0. The van der Waals surface area contributed by atoms with Crippen LogP contribution in [-0.2, 0) is 12.8 Å². The molecule has 3 atom stereocenters. The van der Waals surface area contributed by atoms with Gasteiger partial charge in [0.2, 0.25) is 6.43 Å². The van der Waals surface area contributed by atoms with Crippen molar-refractivity contribution in [1.29, 1.82) is 0 Å². The van der Waals surface area contributed by atoms with Crippen molar-refractivity contribution < 1.29 is 13.6 Å². The van der Waals surface area contributed by atoms with Crippen molar-refractivity contribution in [3.8, 4) is 0 Å². The maximum absolute atomic E-state index is 13.2. The number of nitrogens with two attached hydrogens (primary N) is 2. The number of alkyl halides is 2. The summed E-state index contributed by atoms with van der Waals surface area (Å²) in [4.78, 5) is 25.2. The van der Waals surface area contributed by atoms with Crippen molar-refractivity contribution in [3.05, 3.63) is 46.1 Å².